The van der Waals surface area contributed by atoms with Crippen molar-refractivity contribution in [1.29, 1.82) is 0 Å². The van der Waals surface area contributed by atoms with Crippen molar-refractivity contribution in [2.24, 2.45) is 4.99 Å². The molecule has 4 heterocycles. The zero-order valence-corrected chi connectivity index (χ0v) is 14.6. The highest BCUT2D eigenvalue weighted by Crippen LogP contribution is 2.29. The Morgan fingerprint density at radius 2 is 1.92 bits per heavy atom. The summed E-state index contributed by atoms with van der Waals surface area (Å²) in [5.74, 6) is 1.04. The summed E-state index contributed by atoms with van der Waals surface area (Å²) < 4.78 is 0. The van der Waals surface area contributed by atoms with Crippen LogP contribution in [0.4, 0.5) is 0 Å². The molecule has 1 aromatic carbocycles. The number of rotatable bonds is 3. The van der Waals surface area contributed by atoms with Gasteiger partial charge in [-0.1, -0.05) is 12.1 Å². The van der Waals surface area contributed by atoms with Gasteiger partial charge >= 0.3 is 0 Å². The van der Waals surface area contributed by atoms with Crippen LogP contribution in [0.1, 0.15) is 30.3 Å². The zero-order valence-electron chi connectivity index (χ0n) is 14.6. The lowest BCUT2D eigenvalue weighted by Gasteiger charge is -2.27. The molecule has 5 nitrogen and oxygen atoms in total. The SMILES string of the molecule is CC1C(CCc2cnc3ccccc3n2)N=C2c3cccnc3C=CN21. The van der Waals surface area contributed by atoms with Gasteiger partial charge in [0.25, 0.3) is 0 Å². The van der Waals surface area contributed by atoms with Crippen LogP contribution in [0.25, 0.3) is 17.1 Å². The smallest absolute Gasteiger partial charge is 0.137 e. The van der Waals surface area contributed by atoms with Gasteiger partial charge in [-0.2, -0.15) is 0 Å². The molecule has 0 fully saturated rings. The summed E-state index contributed by atoms with van der Waals surface area (Å²) in [7, 11) is 0. The number of aliphatic imine (C=N–C) groups is 1. The highest BCUT2D eigenvalue weighted by Gasteiger charge is 2.34. The van der Waals surface area contributed by atoms with Crippen molar-refractivity contribution in [2.75, 3.05) is 0 Å². The molecule has 5 heteroatoms. The van der Waals surface area contributed by atoms with Crippen molar-refractivity contribution in [3.63, 3.8) is 0 Å². The topological polar surface area (TPSA) is 54.3 Å². The highest BCUT2D eigenvalue weighted by atomic mass is 15.3. The van der Waals surface area contributed by atoms with Crippen molar-refractivity contribution in [3.8, 4) is 0 Å². The fourth-order valence-corrected chi connectivity index (χ4v) is 3.73. The molecule has 2 aliphatic rings. The molecule has 0 aliphatic carbocycles. The number of pyridine rings is 1. The van der Waals surface area contributed by atoms with Crippen LogP contribution in [0.5, 0.6) is 0 Å². The summed E-state index contributed by atoms with van der Waals surface area (Å²) in [6, 6.07) is 12.7. The van der Waals surface area contributed by atoms with E-state index in [1.165, 1.54) is 0 Å². The number of para-hydroxylation sites is 2. The van der Waals surface area contributed by atoms with Gasteiger partial charge in [0.1, 0.15) is 5.84 Å². The molecule has 5 rings (SSSR count). The lowest BCUT2D eigenvalue weighted by atomic mass is 10.0. The predicted octanol–water partition coefficient (Wildman–Crippen LogP) is 3.46. The Balaban J connectivity index is 1.38. The van der Waals surface area contributed by atoms with E-state index in [4.69, 9.17) is 9.98 Å². The van der Waals surface area contributed by atoms with Crippen molar-refractivity contribution < 1.29 is 0 Å². The van der Waals surface area contributed by atoms with Crippen LogP contribution in [-0.2, 0) is 6.42 Å². The van der Waals surface area contributed by atoms with Gasteiger partial charge in [0.05, 0.1) is 34.5 Å². The Hall–Kier alpha value is -3.08. The maximum atomic E-state index is 5.01. The summed E-state index contributed by atoms with van der Waals surface area (Å²) in [4.78, 5) is 21.0. The molecular weight excluding hydrogens is 322 g/mol. The Morgan fingerprint density at radius 3 is 2.85 bits per heavy atom. The second kappa shape index (κ2) is 6.02. The summed E-state index contributed by atoms with van der Waals surface area (Å²) in [6.07, 6.45) is 9.73. The number of benzene rings is 1. The molecule has 2 unspecified atom stereocenters. The second-order valence-corrected chi connectivity index (χ2v) is 6.81. The van der Waals surface area contributed by atoms with E-state index in [1.807, 2.05) is 42.7 Å². The quantitative estimate of drug-likeness (QED) is 0.732. The van der Waals surface area contributed by atoms with Gasteiger partial charge in [-0.15, -0.1) is 0 Å². The molecule has 128 valence electrons. The third-order valence-corrected chi connectivity index (χ3v) is 5.20. The maximum absolute atomic E-state index is 5.01. The Bertz CT molecular complexity index is 1040. The van der Waals surface area contributed by atoms with E-state index in [-0.39, 0.29) is 6.04 Å². The molecule has 0 radical (unpaired) electrons. The molecule has 0 saturated heterocycles. The fourth-order valence-electron chi connectivity index (χ4n) is 3.73. The minimum atomic E-state index is 0.245. The van der Waals surface area contributed by atoms with Crippen LogP contribution in [0.15, 0.2) is 60.0 Å². The van der Waals surface area contributed by atoms with E-state index >= 15 is 0 Å². The third-order valence-electron chi connectivity index (χ3n) is 5.20. The van der Waals surface area contributed by atoms with E-state index in [0.717, 1.165) is 46.7 Å². The van der Waals surface area contributed by atoms with Crippen molar-refractivity contribution in [3.05, 3.63) is 71.9 Å². The average Bonchev–Trinajstić information content (AvgIpc) is 3.02. The van der Waals surface area contributed by atoms with Gasteiger partial charge in [-0.3, -0.25) is 15.0 Å². The number of aryl methyl sites for hydroxylation is 1. The van der Waals surface area contributed by atoms with E-state index in [0.29, 0.717) is 6.04 Å². The predicted molar refractivity (Wildman–Crippen MR) is 103 cm³/mol. The Kier molecular flexibility index (Phi) is 3.52. The van der Waals surface area contributed by atoms with Crippen LogP contribution in [0.2, 0.25) is 0 Å². The first-order valence-electron chi connectivity index (χ1n) is 9.00. The molecule has 0 spiro atoms. The van der Waals surface area contributed by atoms with Crippen LogP contribution in [-0.4, -0.2) is 37.8 Å². The summed E-state index contributed by atoms with van der Waals surface area (Å²) in [5.41, 5.74) is 5.04. The molecule has 0 amide bonds. The number of hydrogen-bond acceptors (Lipinski definition) is 5. The molecule has 0 N–H and O–H groups in total. The first-order chi connectivity index (χ1) is 12.8. The average molecular weight is 341 g/mol. The lowest BCUT2D eigenvalue weighted by Crippen LogP contribution is -2.35. The van der Waals surface area contributed by atoms with Gasteiger partial charge in [0, 0.05) is 24.2 Å². The van der Waals surface area contributed by atoms with Crippen molar-refractivity contribution >= 4 is 22.9 Å². The number of nitrogens with zero attached hydrogens (tertiary/aromatic N) is 5. The molecule has 2 aliphatic heterocycles. The number of amidine groups is 1. The monoisotopic (exact) mass is 341 g/mol. The molecular formula is C21H19N5. The second-order valence-electron chi connectivity index (χ2n) is 6.81. The Morgan fingerprint density at radius 1 is 1.04 bits per heavy atom. The number of hydrogen-bond donors (Lipinski definition) is 0. The normalized spacial score (nSPS) is 20.8. The van der Waals surface area contributed by atoms with Gasteiger partial charge in [0.15, 0.2) is 0 Å². The van der Waals surface area contributed by atoms with E-state index < -0.39 is 0 Å². The van der Waals surface area contributed by atoms with Crippen LogP contribution < -0.4 is 0 Å². The largest absolute Gasteiger partial charge is 0.328 e. The van der Waals surface area contributed by atoms with Crippen LogP contribution >= 0.6 is 0 Å². The first-order valence-corrected chi connectivity index (χ1v) is 9.00. The molecule has 2 aromatic heterocycles. The van der Waals surface area contributed by atoms with Gasteiger partial charge < -0.3 is 4.90 Å². The third kappa shape index (κ3) is 2.47. The molecule has 3 aromatic rings. The zero-order chi connectivity index (χ0) is 17.5. The Labute approximate surface area is 152 Å². The van der Waals surface area contributed by atoms with Crippen molar-refractivity contribution in [2.45, 2.75) is 31.8 Å². The molecule has 0 bridgehead atoms. The van der Waals surface area contributed by atoms with Gasteiger partial charge in [0.2, 0.25) is 0 Å². The van der Waals surface area contributed by atoms with Crippen molar-refractivity contribution in [1.82, 2.24) is 19.9 Å². The minimum absolute atomic E-state index is 0.245. The van der Waals surface area contributed by atoms with Gasteiger partial charge in [-0.25, -0.2) is 4.98 Å². The fraction of sp³-hybridized carbons (Fsp3) is 0.238. The van der Waals surface area contributed by atoms with Crippen LogP contribution in [0, 0.1) is 0 Å². The standard InChI is InChI=1S/C21H19N5/c1-14-17(9-8-15-13-23-19-6-2-3-7-20(19)24-15)25-21-16-5-4-11-22-18(16)10-12-26(14)21/h2-7,10-14,17H,8-9H2,1H3. The number of aromatic nitrogens is 3. The summed E-state index contributed by atoms with van der Waals surface area (Å²) in [6.45, 7) is 2.24. The maximum Gasteiger partial charge on any atom is 0.137 e. The van der Waals surface area contributed by atoms with E-state index in [1.54, 1.807) is 0 Å². The molecule has 26 heavy (non-hydrogen) atoms. The highest BCUT2D eigenvalue weighted by molar-refractivity contribution is 6.05. The molecule has 2 atom stereocenters. The minimum Gasteiger partial charge on any atom is -0.328 e. The first kappa shape index (κ1) is 15.2. The van der Waals surface area contributed by atoms with E-state index in [2.05, 4.69) is 40.1 Å². The van der Waals surface area contributed by atoms with Gasteiger partial charge in [-0.05, 0) is 50.1 Å². The summed E-state index contributed by atoms with van der Waals surface area (Å²) in [5, 5.41) is 0. The molecule has 0 saturated carbocycles. The summed E-state index contributed by atoms with van der Waals surface area (Å²) >= 11 is 0. The number of fused-ring (bicyclic) bond motifs is 4. The lowest BCUT2D eigenvalue weighted by molar-refractivity contribution is 0.392. The van der Waals surface area contributed by atoms with E-state index in [9.17, 15) is 0 Å². The van der Waals surface area contributed by atoms with Crippen LogP contribution in [0.3, 0.4) is 0 Å².